The molecule has 1 aromatic carbocycles. The molecule has 0 atom stereocenters. The molecule has 1 fully saturated rings. The van der Waals surface area contributed by atoms with E-state index in [2.05, 4.69) is 25.2 Å². The molecular formula is C19H26N6O. The van der Waals surface area contributed by atoms with E-state index in [4.69, 9.17) is 0 Å². The van der Waals surface area contributed by atoms with Gasteiger partial charge in [0.25, 0.3) is 5.91 Å². The molecule has 26 heavy (non-hydrogen) atoms. The predicted molar refractivity (Wildman–Crippen MR) is 103 cm³/mol. The van der Waals surface area contributed by atoms with Crippen LogP contribution in [0.2, 0.25) is 0 Å². The second-order valence-corrected chi connectivity index (χ2v) is 6.85. The molecule has 1 saturated heterocycles. The van der Waals surface area contributed by atoms with Gasteiger partial charge in [0.1, 0.15) is 0 Å². The first-order chi connectivity index (χ1) is 12.5. The number of amides is 1. The highest BCUT2D eigenvalue weighted by Gasteiger charge is 2.17. The number of nitrogens with zero attached hydrogens (tertiary/aromatic N) is 5. The van der Waals surface area contributed by atoms with Crippen LogP contribution in [0.25, 0.3) is 0 Å². The molecule has 0 aliphatic carbocycles. The molecule has 0 bridgehead atoms. The highest BCUT2D eigenvalue weighted by Crippen LogP contribution is 2.18. The summed E-state index contributed by atoms with van der Waals surface area (Å²) in [5.41, 5.74) is 1.70. The Morgan fingerprint density at radius 3 is 2.62 bits per heavy atom. The molecule has 0 radical (unpaired) electrons. The van der Waals surface area contributed by atoms with Crippen LogP contribution in [0.15, 0.2) is 24.3 Å². The van der Waals surface area contributed by atoms with Crippen LogP contribution in [0.5, 0.6) is 0 Å². The van der Waals surface area contributed by atoms with Crippen molar-refractivity contribution in [1.29, 1.82) is 0 Å². The lowest BCUT2D eigenvalue weighted by Gasteiger charge is -2.27. The number of hydrogen-bond donors (Lipinski definition) is 1. The minimum absolute atomic E-state index is 0.125. The van der Waals surface area contributed by atoms with Crippen molar-refractivity contribution in [2.24, 2.45) is 0 Å². The molecule has 1 aliphatic heterocycles. The lowest BCUT2D eigenvalue weighted by atomic mass is 10.1. The molecule has 0 saturated carbocycles. The van der Waals surface area contributed by atoms with Crippen LogP contribution < -0.4 is 15.1 Å². The molecular weight excluding hydrogens is 328 g/mol. The fourth-order valence-corrected chi connectivity index (χ4v) is 2.96. The van der Waals surface area contributed by atoms with Gasteiger partial charge in [0.2, 0.25) is 11.9 Å². The van der Waals surface area contributed by atoms with Gasteiger partial charge in [0, 0.05) is 32.7 Å². The Morgan fingerprint density at radius 2 is 1.92 bits per heavy atom. The van der Waals surface area contributed by atoms with E-state index in [1.807, 2.05) is 44.1 Å². The molecule has 7 heteroatoms. The van der Waals surface area contributed by atoms with Crippen LogP contribution in [-0.2, 0) is 6.54 Å². The zero-order valence-corrected chi connectivity index (χ0v) is 15.7. The monoisotopic (exact) mass is 354 g/mol. The molecule has 0 unspecified atom stereocenters. The van der Waals surface area contributed by atoms with Gasteiger partial charge in [-0.25, -0.2) is 0 Å². The number of benzene rings is 1. The zero-order chi connectivity index (χ0) is 18.5. The van der Waals surface area contributed by atoms with Crippen molar-refractivity contribution in [3.05, 3.63) is 41.2 Å². The molecule has 1 N–H and O–H groups in total. The summed E-state index contributed by atoms with van der Waals surface area (Å²) in [5.74, 6) is 1.76. The normalized spacial score (nSPS) is 14.2. The van der Waals surface area contributed by atoms with E-state index in [9.17, 15) is 4.79 Å². The van der Waals surface area contributed by atoms with Crippen molar-refractivity contribution in [3.63, 3.8) is 0 Å². The highest BCUT2D eigenvalue weighted by atomic mass is 16.1. The number of carbonyl (C=O) groups is 1. The Labute approximate surface area is 154 Å². The number of hydrogen-bond acceptors (Lipinski definition) is 6. The van der Waals surface area contributed by atoms with Gasteiger partial charge in [-0.2, -0.15) is 15.0 Å². The summed E-state index contributed by atoms with van der Waals surface area (Å²) >= 11 is 0. The van der Waals surface area contributed by atoms with E-state index in [1.54, 1.807) is 6.07 Å². The summed E-state index contributed by atoms with van der Waals surface area (Å²) in [7, 11) is 3.81. The third kappa shape index (κ3) is 4.47. The van der Waals surface area contributed by atoms with Crippen molar-refractivity contribution in [2.75, 3.05) is 37.0 Å². The van der Waals surface area contributed by atoms with E-state index in [0.717, 1.165) is 31.5 Å². The van der Waals surface area contributed by atoms with Crippen molar-refractivity contribution in [2.45, 2.75) is 32.7 Å². The van der Waals surface area contributed by atoms with Crippen molar-refractivity contribution < 1.29 is 4.79 Å². The molecule has 138 valence electrons. The molecule has 2 aromatic rings. The molecule has 3 rings (SSSR count). The standard InChI is InChI=1S/C19H26N6O/c1-14-8-7-9-15(12-14)17(26)20-13-16-21-18(24(2)3)23-19(22-16)25-10-5-4-6-11-25/h7-9,12H,4-6,10-11,13H2,1-3H3,(H,20,26). The molecule has 1 aliphatic rings. The Balaban J connectivity index is 1.75. The smallest absolute Gasteiger partial charge is 0.251 e. The van der Waals surface area contributed by atoms with Gasteiger partial charge in [0.05, 0.1) is 6.54 Å². The molecule has 7 nitrogen and oxygen atoms in total. The fourth-order valence-electron chi connectivity index (χ4n) is 2.96. The van der Waals surface area contributed by atoms with Crippen molar-refractivity contribution in [3.8, 4) is 0 Å². The minimum atomic E-state index is -0.125. The maximum absolute atomic E-state index is 12.4. The third-order valence-corrected chi connectivity index (χ3v) is 4.38. The average molecular weight is 354 g/mol. The number of carbonyl (C=O) groups excluding carboxylic acids is 1. The molecule has 1 aromatic heterocycles. The summed E-state index contributed by atoms with van der Waals surface area (Å²) < 4.78 is 0. The van der Waals surface area contributed by atoms with Crippen LogP contribution in [-0.4, -0.2) is 48.0 Å². The van der Waals surface area contributed by atoms with Gasteiger partial charge in [0.15, 0.2) is 5.82 Å². The van der Waals surface area contributed by atoms with Gasteiger partial charge >= 0.3 is 0 Å². The zero-order valence-electron chi connectivity index (χ0n) is 15.7. The fraction of sp³-hybridized carbons (Fsp3) is 0.474. The largest absolute Gasteiger partial charge is 0.347 e. The van der Waals surface area contributed by atoms with E-state index in [-0.39, 0.29) is 12.5 Å². The second-order valence-electron chi connectivity index (χ2n) is 6.85. The number of aryl methyl sites for hydroxylation is 1. The second kappa shape index (κ2) is 8.12. The predicted octanol–water partition coefficient (Wildman–Crippen LogP) is 2.17. The summed E-state index contributed by atoms with van der Waals surface area (Å²) in [5, 5.41) is 2.91. The van der Waals surface area contributed by atoms with E-state index in [1.165, 1.54) is 6.42 Å². The van der Waals surface area contributed by atoms with Crippen LogP contribution >= 0.6 is 0 Å². The molecule has 1 amide bonds. The first kappa shape index (κ1) is 18.1. The van der Waals surface area contributed by atoms with Crippen molar-refractivity contribution >= 4 is 17.8 Å². The van der Waals surface area contributed by atoms with Gasteiger partial charge in [-0.05, 0) is 38.3 Å². The summed E-state index contributed by atoms with van der Waals surface area (Å²) in [6.07, 6.45) is 3.56. The first-order valence-corrected chi connectivity index (χ1v) is 9.05. The van der Waals surface area contributed by atoms with Crippen LogP contribution in [0.3, 0.4) is 0 Å². The van der Waals surface area contributed by atoms with Crippen LogP contribution in [0.4, 0.5) is 11.9 Å². The Hall–Kier alpha value is -2.70. The Bertz CT molecular complexity index is 770. The van der Waals surface area contributed by atoms with E-state index >= 15 is 0 Å². The van der Waals surface area contributed by atoms with E-state index in [0.29, 0.717) is 23.3 Å². The molecule has 0 spiro atoms. The van der Waals surface area contributed by atoms with Gasteiger partial charge in [-0.15, -0.1) is 0 Å². The number of anilines is 2. The lowest BCUT2D eigenvalue weighted by molar-refractivity contribution is 0.0949. The van der Waals surface area contributed by atoms with Crippen LogP contribution in [0.1, 0.15) is 41.0 Å². The topological polar surface area (TPSA) is 74.2 Å². The Kier molecular flexibility index (Phi) is 5.65. The van der Waals surface area contributed by atoms with Crippen molar-refractivity contribution in [1.82, 2.24) is 20.3 Å². The van der Waals surface area contributed by atoms with Gasteiger partial charge in [-0.1, -0.05) is 17.7 Å². The quantitative estimate of drug-likeness (QED) is 0.887. The maximum Gasteiger partial charge on any atom is 0.251 e. The average Bonchev–Trinajstić information content (AvgIpc) is 2.66. The number of piperidine rings is 1. The SMILES string of the molecule is Cc1cccc(C(=O)NCc2nc(N(C)C)nc(N3CCCCC3)n2)c1. The number of aromatic nitrogens is 3. The first-order valence-electron chi connectivity index (χ1n) is 9.05. The Morgan fingerprint density at radius 1 is 1.15 bits per heavy atom. The van der Waals surface area contributed by atoms with Gasteiger partial charge in [-0.3, -0.25) is 4.79 Å². The third-order valence-electron chi connectivity index (χ3n) is 4.38. The summed E-state index contributed by atoms with van der Waals surface area (Å²) in [4.78, 5) is 30.1. The maximum atomic E-state index is 12.4. The summed E-state index contributed by atoms with van der Waals surface area (Å²) in [6, 6.07) is 7.52. The van der Waals surface area contributed by atoms with Crippen LogP contribution in [0, 0.1) is 6.92 Å². The van der Waals surface area contributed by atoms with Gasteiger partial charge < -0.3 is 15.1 Å². The minimum Gasteiger partial charge on any atom is -0.347 e. The molecule has 2 heterocycles. The number of rotatable bonds is 5. The lowest BCUT2D eigenvalue weighted by Crippen LogP contribution is -2.32. The summed E-state index contributed by atoms with van der Waals surface area (Å²) in [6.45, 7) is 4.17. The van der Waals surface area contributed by atoms with E-state index < -0.39 is 0 Å². The highest BCUT2D eigenvalue weighted by molar-refractivity contribution is 5.94. The number of nitrogens with one attached hydrogen (secondary N) is 1.